The van der Waals surface area contributed by atoms with E-state index < -0.39 is 0 Å². The van der Waals surface area contributed by atoms with Crippen LogP contribution in [0.2, 0.25) is 5.02 Å². The number of anilines is 1. The normalized spacial score (nSPS) is 11.1. The van der Waals surface area contributed by atoms with Crippen molar-refractivity contribution in [2.45, 2.75) is 19.8 Å². The van der Waals surface area contributed by atoms with Crippen LogP contribution in [0.3, 0.4) is 0 Å². The molecular weight excluding hydrogens is 398 g/mol. The molecule has 0 bridgehead atoms. The highest BCUT2D eigenvalue weighted by Crippen LogP contribution is 2.26. The monoisotopic (exact) mass is 417 g/mol. The first kappa shape index (κ1) is 19.9. The van der Waals surface area contributed by atoms with Gasteiger partial charge in [0.1, 0.15) is 11.3 Å². The highest BCUT2D eigenvalue weighted by Gasteiger charge is 2.12. The van der Waals surface area contributed by atoms with E-state index in [0.29, 0.717) is 38.9 Å². The summed E-state index contributed by atoms with van der Waals surface area (Å²) in [7, 11) is 0. The van der Waals surface area contributed by atoms with Crippen LogP contribution in [0.5, 0.6) is 0 Å². The van der Waals surface area contributed by atoms with E-state index in [1.807, 2.05) is 24.3 Å². The fraction of sp³-hybridized carbons (Fsp3) is 0.120. The Hall–Kier alpha value is -3.37. The van der Waals surface area contributed by atoms with Gasteiger partial charge in [0, 0.05) is 17.3 Å². The first-order chi connectivity index (χ1) is 14.4. The highest BCUT2D eigenvalue weighted by atomic mass is 35.5. The van der Waals surface area contributed by atoms with Crippen LogP contribution in [-0.2, 0) is 0 Å². The molecule has 150 valence electrons. The summed E-state index contributed by atoms with van der Waals surface area (Å²) in [6, 6.07) is 21.3. The van der Waals surface area contributed by atoms with Gasteiger partial charge in [0.05, 0.1) is 16.0 Å². The van der Waals surface area contributed by atoms with Crippen LogP contribution in [0.4, 0.5) is 5.69 Å². The van der Waals surface area contributed by atoms with Crippen LogP contribution in [0.15, 0.2) is 82.0 Å². The Bertz CT molecular complexity index is 1290. The van der Waals surface area contributed by atoms with Crippen LogP contribution < -0.4 is 10.7 Å². The topological polar surface area (TPSA) is 59.3 Å². The third-order valence-electron chi connectivity index (χ3n) is 4.97. The Morgan fingerprint density at radius 2 is 1.70 bits per heavy atom. The van der Waals surface area contributed by atoms with E-state index >= 15 is 0 Å². The first-order valence-corrected chi connectivity index (χ1v) is 10.0. The van der Waals surface area contributed by atoms with Crippen LogP contribution in [0.25, 0.3) is 22.3 Å². The molecule has 0 radical (unpaired) electrons. The van der Waals surface area contributed by atoms with Gasteiger partial charge in [-0.05, 0) is 41.8 Å². The number of carbonyl (C=O) groups is 1. The average molecular weight is 418 g/mol. The second-order valence-corrected chi connectivity index (χ2v) is 7.80. The van der Waals surface area contributed by atoms with E-state index in [2.05, 4.69) is 19.2 Å². The quantitative estimate of drug-likeness (QED) is 0.413. The van der Waals surface area contributed by atoms with Crippen molar-refractivity contribution < 1.29 is 9.21 Å². The summed E-state index contributed by atoms with van der Waals surface area (Å²) in [5.74, 6) is 0.601. The molecule has 1 heterocycles. The van der Waals surface area contributed by atoms with Crippen molar-refractivity contribution >= 4 is 34.2 Å². The van der Waals surface area contributed by atoms with Crippen molar-refractivity contribution in [1.82, 2.24) is 0 Å². The average Bonchev–Trinajstić information content (AvgIpc) is 2.74. The second kappa shape index (κ2) is 8.17. The zero-order valence-corrected chi connectivity index (χ0v) is 17.4. The molecule has 0 aliphatic rings. The SMILES string of the molecule is CC(C)c1ccc(-c2cc(=O)c3cc(NC(=O)c4ccccc4Cl)ccc3o2)cc1. The molecular formula is C25H20ClNO3. The first-order valence-electron chi connectivity index (χ1n) is 9.66. The van der Waals surface area contributed by atoms with Crippen molar-refractivity contribution in [3.63, 3.8) is 0 Å². The van der Waals surface area contributed by atoms with E-state index in [1.54, 1.807) is 42.5 Å². The van der Waals surface area contributed by atoms with Gasteiger partial charge in [-0.15, -0.1) is 0 Å². The van der Waals surface area contributed by atoms with E-state index in [-0.39, 0.29) is 11.3 Å². The highest BCUT2D eigenvalue weighted by molar-refractivity contribution is 6.34. The molecule has 0 unspecified atom stereocenters. The van der Waals surface area contributed by atoms with Crippen LogP contribution in [0, 0.1) is 0 Å². The fourth-order valence-corrected chi connectivity index (χ4v) is 3.47. The minimum Gasteiger partial charge on any atom is -0.456 e. The lowest BCUT2D eigenvalue weighted by atomic mass is 10.0. The number of carbonyl (C=O) groups excluding carboxylic acids is 1. The number of halogens is 1. The Balaban J connectivity index is 1.65. The molecule has 0 aliphatic heterocycles. The lowest BCUT2D eigenvalue weighted by Crippen LogP contribution is -2.12. The zero-order chi connectivity index (χ0) is 21.3. The molecule has 0 saturated heterocycles. The van der Waals surface area contributed by atoms with Gasteiger partial charge in [0.15, 0.2) is 5.43 Å². The molecule has 3 aromatic carbocycles. The maximum atomic E-state index is 12.7. The van der Waals surface area contributed by atoms with Gasteiger partial charge in [-0.1, -0.05) is 61.8 Å². The van der Waals surface area contributed by atoms with Crippen molar-refractivity contribution in [1.29, 1.82) is 0 Å². The van der Waals surface area contributed by atoms with E-state index in [4.69, 9.17) is 16.0 Å². The zero-order valence-electron chi connectivity index (χ0n) is 16.6. The molecule has 4 rings (SSSR count). The van der Waals surface area contributed by atoms with Gasteiger partial charge >= 0.3 is 0 Å². The number of hydrogen-bond donors (Lipinski definition) is 1. The largest absolute Gasteiger partial charge is 0.456 e. The lowest BCUT2D eigenvalue weighted by Gasteiger charge is -2.09. The number of benzene rings is 3. The molecule has 0 spiro atoms. The molecule has 0 aliphatic carbocycles. The molecule has 30 heavy (non-hydrogen) atoms. The van der Waals surface area contributed by atoms with E-state index in [9.17, 15) is 9.59 Å². The van der Waals surface area contributed by atoms with Gasteiger partial charge in [-0.3, -0.25) is 9.59 Å². The summed E-state index contributed by atoms with van der Waals surface area (Å²) in [6.07, 6.45) is 0. The molecule has 5 heteroatoms. The Morgan fingerprint density at radius 1 is 0.967 bits per heavy atom. The number of nitrogens with one attached hydrogen (secondary N) is 1. The third-order valence-corrected chi connectivity index (χ3v) is 5.29. The maximum Gasteiger partial charge on any atom is 0.257 e. The predicted octanol–water partition coefficient (Wildman–Crippen LogP) is 6.49. The number of hydrogen-bond acceptors (Lipinski definition) is 3. The minimum atomic E-state index is -0.341. The standard InChI is InChI=1S/C25H20ClNO3/c1-15(2)16-7-9-17(10-8-16)24-14-22(28)20-13-18(11-12-23(20)30-24)27-25(29)19-5-3-4-6-21(19)26/h3-15H,1-2H3,(H,27,29). The third kappa shape index (κ3) is 4.00. The van der Waals surface area contributed by atoms with E-state index in [1.165, 1.54) is 11.6 Å². The van der Waals surface area contributed by atoms with Crippen molar-refractivity contribution in [2.24, 2.45) is 0 Å². The van der Waals surface area contributed by atoms with Crippen LogP contribution in [0.1, 0.15) is 35.7 Å². The lowest BCUT2D eigenvalue weighted by molar-refractivity contribution is 0.102. The number of amides is 1. The van der Waals surface area contributed by atoms with Gasteiger partial charge in [-0.2, -0.15) is 0 Å². The Labute approximate surface area is 179 Å². The molecule has 1 aromatic heterocycles. The Kier molecular flexibility index (Phi) is 5.42. The molecule has 0 saturated carbocycles. The van der Waals surface area contributed by atoms with Gasteiger partial charge in [0.2, 0.25) is 0 Å². The predicted molar refractivity (Wildman–Crippen MR) is 121 cm³/mol. The van der Waals surface area contributed by atoms with Crippen molar-refractivity contribution in [3.05, 3.63) is 99.2 Å². The van der Waals surface area contributed by atoms with Crippen LogP contribution in [-0.4, -0.2) is 5.91 Å². The summed E-state index contributed by atoms with van der Waals surface area (Å²) in [5.41, 5.74) is 3.21. The maximum absolute atomic E-state index is 12.7. The molecule has 1 N–H and O–H groups in total. The molecule has 0 fully saturated rings. The summed E-state index contributed by atoms with van der Waals surface area (Å²) >= 11 is 6.08. The molecule has 4 nitrogen and oxygen atoms in total. The molecule has 1 amide bonds. The number of fused-ring (bicyclic) bond motifs is 1. The smallest absolute Gasteiger partial charge is 0.257 e. The summed E-state index contributed by atoms with van der Waals surface area (Å²) in [6.45, 7) is 4.26. The summed E-state index contributed by atoms with van der Waals surface area (Å²) < 4.78 is 5.96. The number of rotatable bonds is 4. The second-order valence-electron chi connectivity index (χ2n) is 7.40. The molecule has 4 aromatic rings. The van der Waals surface area contributed by atoms with Crippen molar-refractivity contribution in [2.75, 3.05) is 5.32 Å². The Morgan fingerprint density at radius 3 is 2.40 bits per heavy atom. The van der Waals surface area contributed by atoms with Gasteiger partial charge in [-0.25, -0.2) is 0 Å². The van der Waals surface area contributed by atoms with Gasteiger partial charge in [0.25, 0.3) is 5.91 Å². The van der Waals surface area contributed by atoms with Crippen LogP contribution >= 0.6 is 11.6 Å². The van der Waals surface area contributed by atoms with Crippen molar-refractivity contribution in [3.8, 4) is 11.3 Å². The summed E-state index contributed by atoms with van der Waals surface area (Å²) in [4.78, 5) is 25.2. The fourth-order valence-electron chi connectivity index (χ4n) is 3.25. The van der Waals surface area contributed by atoms with E-state index in [0.717, 1.165) is 5.56 Å². The summed E-state index contributed by atoms with van der Waals surface area (Å²) in [5, 5.41) is 3.54. The molecule has 0 atom stereocenters. The van der Waals surface area contributed by atoms with Gasteiger partial charge < -0.3 is 9.73 Å². The minimum absolute atomic E-state index is 0.173.